The second-order valence-corrected chi connectivity index (χ2v) is 10.5. The minimum Gasteiger partial charge on any atom is -0.365 e. The van der Waals surface area contributed by atoms with Crippen molar-refractivity contribution >= 4 is 32.1 Å². The van der Waals surface area contributed by atoms with Gasteiger partial charge in [-0.15, -0.1) is 11.3 Å². The van der Waals surface area contributed by atoms with Crippen LogP contribution in [0.3, 0.4) is 0 Å². The average molecular weight is 411 g/mol. The number of anilines is 2. The van der Waals surface area contributed by atoms with Gasteiger partial charge in [-0.2, -0.15) is 5.10 Å². The van der Waals surface area contributed by atoms with Crippen LogP contribution < -0.4 is 10.2 Å². The zero-order valence-corrected chi connectivity index (χ0v) is 17.4. The maximum Gasteiger partial charge on any atom is 0.183 e. The number of aryl methyl sites for hydroxylation is 1. The van der Waals surface area contributed by atoms with Gasteiger partial charge in [-0.3, -0.25) is 4.68 Å². The van der Waals surface area contributed by atoms with Gasteiger partial charge in [0.05, 0.1) is 29.0 Å². The van der Waals surface area contributed by atoms with Gasteiger partial charge in [-0.05, 0) is 13.0 Å². The Labute approximate surface area is 164 Å². The van der Waals surface area contributed by atoms with Crippen molar-refractivity contribution in [2.75, 3.05) is 61.5 Å². The van der Waals surface area contributed by atoms with Gasteiger partial charge in [-0.1, -0.05) is 0 Å². The molecule has 0 unspecified atom stereocenters. The molecule has 0 spiro atoms. The highest BCUT2D eigenvalue weighted by Gasteiger charge is 2.27. The number of hydrogen-bond donors (Lipinski definition) is 1. The van der Waals surface area contributed by atoms with Crippen LogP contribution in [0.25, 0.3) is 11.3 Å². The van der Waals surface area contributed by atoms with E-state index in [1.807, 2.05) is 25.0 Å². The van der Waals surface area contributed by atoms with E-state index in [-0.39, 0.29) is 0 Å². The molecule has 27 heavy (non-hydrogen) atoms. The number of hydrogen-bond acceptors (Lipinski definition) is 8. The predicted molar refractivity (Wildman–Crippen MR) is 109 cm³/mol. The van der Waals surface area contributed by atoms with Crippen molar-refractivity contribution in [2.24, 2.45) is 7.05 Å². The van der Waals surface area contributed by atoms with E-state index >= 15 is 0 Å². The molecule has 0 aliphatic carbocycles. The van der Waals surface area contributed by atoms with Crippen LogP contribution in [0.4, 0.5) is 10.9 Å². The van der Waals surface area contributed by atoms with Crippen molar-refractivity contribution in [3.05, 3.63) is 11.1 Å². The molecule has 0 atom stereocenters. The van der Waals surface area contributed by atoms with Crippen LogP contribution in [0.2, 0.25) is 0 Å². The third-order valence-electron chi connectivity index (χ3n) is 5.32. The largest absolute Gasteiger partial charge is 0.365 e. The van der Waals surface area contributed by atoms with Crippen molar-refractivity contribution < 1.29 is 8.42 Å². The van der Waals surface area contributed by atoms with E-state index in [1.165, 1.54) is 4.88 Å². The minimum absolute atomic E-state index is 0.294. The topological polar surface area (TPSA) is 83.4 Å². The standard InChI is InChI=1S/C17H26N6O2S2/c1-18-17-20-15-13-12-19-21(2)16(13)23(7-4-14(15)26-17)6-3-5-22-8-10-27(24,25)11-9-22/h12H,3-11H2,1-2H3,(H,18,20). The molecule has 0 radical (unpaired) electrons. The van der Waals surface area contributed by atoms with Crippen molar-refractivity contribution in [1.82, 2.24) is 19.7 Å². The molecule has 1 fully saturated rings. The SMILES string of the molecule is CNc1nc2c(s1)CCN(CCCN1CCS(=O)(=O)CC1)c1c-2cnn1C. The molecule has 1 N–H and O–H groups in total. The first kappa shape index (κ1) is 18.7. The van der Waals surface area contributed by atoms with Crippen LogP contribution >= 0.6 is 11.3 Å². The van der Waals surface area contributed by atoms with E-state index < -0.39 is 9.84 Å². The smallest absolute Gasteiger partial charge is 0.183 e. The summed E-state index contributed by atoms with van der Waals surface area (Å²) in [5.41, 5.74) is 2.16. The van der Waals surface area contributed by atoms with E-state index in [0.717, 1.165) is 54.7 Å². The molecule has 4 rings (SSSR count). The summed E-state index contributed by atoms with van der Waals surface area (Å²) in [5, 5.41) is 8.58. The highest BCUT2D eigenvalue weighted by Crippen LogP contribution is 2.39. The van der Waals surface area contributed by atoms with Gasteiger partial charge in [0.2, 0.25) is 0 Å². The Bertz CT molecular complexity index is 906. The molecule has 1 saturated heterocycles. The first-order valence-electron chi connectivity index (χ1n) is 9.34. The van der Waals surface area contributed by atoms with Crippen LogP contribution in [-0.4, -0.2) is 79.4 Å². The monoisotopic (exact) mass is 410 g/mol. The lowest BCUT2D eigenvalue weighted by molar-refractivity contribution is 0.292. The van der Waals surface area contributed by atoms with Crippen molar-refractivity contribution in [3.8, 4) is 11.3 Å². The number of nitrogens with one attached hydrogen (secondary N) is 1. The second kappa shape index (κ2) is 7.40. The van der Waals surface area contributed by atoms with E-state index in [4.69, 9.17) is 4.98 Å². The Hall–Kier alpha value is -1.65. The van der Waals surface area contributed by atoms with Crippen molar-refractivity contribution in [2.45, 2.75) is 12.8 Å². The summed E-state index contributed by atoms with van der Waals surface area (Å²) in [5.74, 6) is 1.72. The first-order chi connectivity index (χ1) is 13.0. The lowest BCUT2D eigenvalue weighted by Crippen LogP contribution is -2.41. The van der Waals surface area contributed by atoms with Gasteiger partial charge in [0, 0.05) is 51.6 Å². The van der Waals surface area contributed by atoms with E-state index in [2.05, 4.69) is 20.2 Å². The molecule has 2 aliphatic heterocycles. The average Bonchev–Trinajstić information content (AvgIpc) is 3.19. The van der Waals surface area contributed by atoms with Crippen molar-refractivity contribution in [3.63, 3.8) is 0 Å². The van der Waals surface area contributed by atoms with Crippen LogP contribution in [0.1, 0.15) is 11.3 Å². The third-order valence-corrected chi connectivity index (χ3v) is 8.06. The quantitative estimate of drug-likeness (QED) is 0.789. The van der Waals surface area contributed by atoms with Crippen LogP contribution in [-0.2, 0) is 23.3 Å². The zero-order valence-electron chi connectivity index (χ0n) is 15.8. The first-order valence-corrected chi connectivity index (χ1v) is 12.0. The molecule has 2 aromatic rings. The number of thiazole rings is 1. The van der Waals surface area contributed by atoms with Crippen molar-refractivity contribution in [1.29, 1.82) is 0 Å². The van der Waals surface area contributed by atoms with Gasteiger partial charge in [0.1, 0.15) is 5.82 Å². The van der Waals surface area contributed by atoms with Crippen LogP contribution in [0, 0.1) is 0 Å². The molecule has 10 heteroatoms. The number of sulfone groups is 1. The maximum atomic E-state index is 11.6. The van der Waals surface area contributed by atoms with E-state index in [9.17, 15) is 8.42 Å². The highest BCUT2D eigenvalue weighted by molar-refractivity contribution is 7.91. The maximum absolute atomic E-state index is 11.6. The molecule has 4 heterocycles. The fourth-order valence-corrected chi connectivity index (χ4v) is 6.03. The minimum atomic E-state index is -2.81. The van der Waals surface area contributed by atoms with Gasteiger partial charge in [-0.25, -0.2) is 13.4 Å². The van der Waals surface area contributed by atoms with Crippen LogP contribution in [0.15, 0.2) is 6.20 Å². The lowest BCUT2D eigenvalue weighted by atomic mass is 10.2. The van der Waals surface area contributed by atoms with Crippen LogP contribution in [0.5, 0.6) is 0 Å². The second-order valence-electron chi connectivity index (χ2n) is 7.13. The summed E-state index contributed by atoms with van der Waals surface area (Å²) in [6, 6.07) is 0. The Kier molecular flexibility index (Phi) is 5.13. The Balaban J connectivity index is 1.44. The zero-order chi connectivity index (χ0) is 19.0. The molecule has 2 aromatic heterocycles. The molecule has 148 valence electrons. The molecular formula is C17H26N6O2S2. The molecule has 2 aliphatic rings. The fourth-order valence-electron chi connectivity index (χ4n) is 3.83. The number of nitrogens with zero attached hydrogens (tertiary/aromatic N) is 5. The summed E-state index contributed by atoms with van der Waals surface area (Å²) in [6.45, 7) is 4.13. The molecule has 0 bridgehead atoms. The van der Waals surface area contributed by atoms with Gasteiger partial charge in [0.25, 0.3) is 0 Å². The summed E-state index contributed by atoms with van der Waals surface area (Å²) in [4.78, 5) is 10.7. The van der Waals surface area contributed by atoms with Gasteiger partial charge < -0.3 is 15.1 Å². The normalized spacial score (nSPS) is 19.4. The summed E-state index contributed by atoms with van der Waals surface area (Å²) < 4.78 is 25.1. The lowest BCUT2D eigenvalue weighted by Gasteiger charge is -2.29. The predicted octanol–water partition coefficient (Wildman–Crippen LogP) is 1.07. The Morgan fingerprint density at radius 2 is 2.00 bits per heavy atom. The molecule has 0 amide bonds. The molecular weight excluding hydrogens is 384 g/mol. The third kappa shape index (κ3) is 3.83. The van der Waals surface area contributed by atoms with Gasteiger partial charge >= 0.3 is 0 Å². The number of aromatic nitrogens is 3. The summed E-state index contributed by atoms with van der Waals surface area (Å²) in [7, 11) is 1.08. The molecule has 0 aromatic carbocycles. The fraction of sp³-hybridized carbons (Fsp3) is 0.647. The molecule has 0 saturated carbocycles. The Morgan fingerprint density at radius 3 is 2.74 bits per heavy atom. The Morgan fingerprint density at radius 1 is 1.22 bits per heavy atom. The highest BCUT2D eigenvalue weighted by atomic mass is 32.2. The van der Waals surface area contributed by atoms with E-state index in [1.54, 1.807) is 11.3 Å². The summed E-state index contributed by atoms with van der Waals surface area (Å²) >= 11 is 1.72. The number of fused-ring (bicyclic) bond motifs is 3. The van der Waals surface area contributed by atoms with E-state index in [0.29, 0.717) is 24.6 Å². The molecule has 8 nitrogen and oxygen atoms in total. The van der Waals surface area contributed by atoms with Gasteiger partial charge in [0.15, 0.2) is 15.0 Å². The summed E-state index contributed by atoms with van der Waals surface area (Å²) in [6.07, 6.45) is 3.90. The number of rotatable bonds is 5.